The first kappa shape index (κ1) is 19.1. The zero-order valence-corrected chi connectivity index (χ0v) is 14.9. The van der Waals surface area contributed by atoms with Crippen LogP contribution in [0.3, 0.4) is 0 Å². The van der Waals surface area contributed by atoms with E-state index in [2.05, 4.69) is 5.32 Å². The lowest BCUT2D eigenvalue weighted by atomic mass is 10.1. The van der Waals surface area contributed by atoms with Gasteiger partial charge in [0.1, 0.15) is 11.6 Å². The third-order valence-electron chi connectivity index (χ3n) is 3.79. The van der Waals surface area contributed by atoms with Crippen molar-refractivity contribution in [2.45, 2.75) is 0 Å². The molecular weight excluding hydrogens is 361 g/mol. The zero-order chi connectivity index (χ0) is 19.8. The highest BCUT2D eigenvalue weighted by Crippen LogP contribution is 2.22. The fourth-order valence-electron chi connectivity index (χ4n) is 2.47. The van der Waals surface area contributed by atoms with Gasteiger partial charge < -0.3 is 14.8 Å². The molecular formula is C22H18FNO4. The Hall–Kier alpha value is -3.67. The minimum absolute atomic E-state index is 0.288. The number of benzene rings is 3. The molecule has 1 N–H and O–H groups in total. The van der Waals surface area contributed by atoms with E-state index < -0.39 is 24.3 Å². The number of hydrogen-bond donors (Lipinski definition) is 1. The summed E-state index contributed by atoms with van der Waals surface area (Å²) >= 11 is 0. The fourth-order valence-corrected chi connectivity index (χ4v) is 2.47. The van der Waals surface area contributed by atoms with Crippen LogP contribution in [-0.2, 0) is 14.3 Å². The first-order valence-electron chi connectivity index (χ1n) is 8.59. The number of carbonyl (C=O) groups is 2. The quantitative estimate of drug-likeness (QED) is 0.629. The number of carbonyl (C=O) groups excluding carboxylic acids is 2. The second kappa shape index (κ2) is 9.32. The van der Waals surface area contributed by atoms with Gasteiger partial charge in [-0.1, -0.05) is 48.5 Å². The lowest BCUT2D eigenvalue weighted by Crippen LogP contribution is -2.23. The minimum Gasteiger partial charge on any atom is -0.482 e. The van der Waals surface area contributed by atoms with Crippen LogP contribution >= 0.6 is 0 Å². The molecule has 0 bridgehead atoms. The van der Waals surface area contributed by atoms with Crippen molar-refractivity contribution >= 4 is 17.6 Å². The van der Waals surface area contributed by atoms with Crippen LogP contribution in [0.2, 0.25) is 0 Å². The summed E-state index contributed by atoms with van der Waals surface area (Å²) in [7, 11) is 0. The molecule has 1 amide bonds. The van der Waals surface area contributed by atoms with Crippen LogP contribution in [0.1, 0.15) is 0 Å². The van der Waals surface area contributed by atoms with Crippen molar-refractivity contribution in [2.24, 2.45) is 0 Å². The van der Waals surface area contributed by atoms with Crippen molar-refractivity contribution < 1.29 is 23.5 Å². The van der Waals surface area contributed by atoms with E-state index in [4.69, 9.17) is 9.47 Å². The smallest absolute Gasteiger partial charge is 0.344 e. The molecule has 3 rings (SSSR count). The fraction of sp³-hybridized carbons (Fsp3) is 0.0909. The van der Waals surface area contributed by atoms with Gasteiger partial charge >= 0.3 is 5.97 Å². The second-order valence-corrected chi connectivity index (χ2v) is 5.90. The third kappa shape index (κ3) is 5.67. The largest absolute Gasteiger partial charge is 0.482 e. The maximum atomic E-state index is 13.1. The van der Waals surface area contributed by atoms with E-state index in [0.29, 0.717) is 5.75 Å². The first-order valence-corrected chi connectivity index (χ1v) is 8.59. The number of rotatable bonds is 7. The number of hydrogen-bond acceptors (Lipinski definition) is 4. The number of amides is 1. The molecule has 6 heteroatoms. The summed E-state index contributed by atoms with van der Waals surface area (Å²) < 4.78 is 23.3. The molecule has 0 aliphatic carbocycles. The highest BCUT2D eigenvalue weighted by atomic mass is 19.1. The Balaban J connectivity index is 1.42. The second-order valence-electron chi connectivity index (χ2n) is 5.90. The molecule has 0 heterocycles. The molecule has 142 valence electrons. The van der Waals surface area contributed by atoms with Crippen LogP contribution in [0.25, 0.3) is 11.1 Å². The number of anilines is 1. The van der Waals surface area contributed by atoms with Gasteiger partial charge in [0, 0.05) is 5.69 Å². The molecule has 0 radical (unpaired) electrons. The number of esters is 1. The van der Waals surface area contributed by atoms with E-state index in [1.807, 2.05) is 42.5 Å². The average Bonchev–Trinajstić information content (AvgIpc) is 2.72. The third-order valence-corrected chi connectivity index (χ3v) is 3.79. The van der Waals surface area contributed by atoms with Crippen molar-refractivity contribution in [1.82, 2.24) is 0 Å². The number of nitrogens with one attached hydrogen (secondary N) is 1. The Morgan fingerprint density at radius 1 is 0.821 bits per heavy atom. The molecule has 0 aromatic heterocycles. The number of halogens is 1. The van der Waals surface area contributed by atoms with Gasteiger partial charge in [0.05, 0.1) is 0 Å². The van der Waals surface area contributed by atoms with Crippen LogP contribution in [-0.4, -0.2) is 25.1 Å². The van der Waals surface area contributed by atoms with Gasteiger partial charge in [-0.15, -0.1) is 0 Å². The summed E-state index contributed by atoms with van der Waals surface area (Å²) in [5, 5.41) is 2.44. The summed E-state index contributed by atoms with van der Waals surface area (Å²) in [5.74, 6) is -1.20. The molecule has 3 aromatic rings. The molecule has 28 heavy (non-hydrogen) atoms. The molecule has 5 nitrogen and oxygen atoms in total. The zero-order valence-electron chi connectivity index (χ0n) is 14.9. The van der Waals surface area contributed by atoms with Crippen molar-refractivity contribution in [2.75, 3.05) is 18.5 Å². The van der Waals surface area contributed by atoms with Crippen molar-refractivity contribution in [3.05, 3.63) is 84.7 Å². The van der Waals surface area contributed by atoms with Gasteiger partial charge in [-0.25, -0.2) is 9.18 Å². The summed E-state index contributed by atoms with van der Waals surface area (Å²) in [6.45, 7) is -0.802. The summed E-state index contributed by atoms with van der Waals surface area (Å²) in [6, 6.07) is 22.6. The molecule has 0 fully saturated rings. The normalized spacial score (nSPS) is 10.2. The summed E-state index contributed by atoms with van der Waals surface area (Å²) in [5.41, 5.74) is 2.40. The Morgan fingerprint density at radius 3 is 2.25 bits per heavy atom. The lowest BCUT2D eigenvalue weighted by molar-refractivity contribution is -0.149. The molecule has 0 aliphatic rings. The van der Waals surface area contributed by atoms with E-state index >= 15 is 0 Å². The van der Waals surface area contributed by atoms with E-state index in [1.165, 1.54) is 24.3 Å². The van der Waals surface area contributed by atoms with Crippen molar-refractivity contribution in [3.8, 4) is 16.9 Å². The van der Waals surface area contributed by atoms with E-state index in [0.717, 1.165) is 11.1 Å². The van der Waals surface area contributed by atoms with E-state index in [-0.39, 0.29) is 12.3 Å². The number of ether oxygens (including phenoxy) is 2. The Kier molecular flexibility index (Phi) is 6.36. The molecule has 0 spiro atoms. The van der Waals surface area contributed by atoms with Gasteiger partial charge in [0.25, 0.3) is 5.91 Å². The molecule has 0 saturated heterocycles. The van der Waals surface area contributed by atoms with Gasteiger partial charge in [0.15, 0.2) is 13.2 Å². The van der Waals surface area contributed by atoms with Gasteiger partial charge in [-0.3, -0.25) is 4.79 Å². The SMILES string of the molecule is O=C(COC(=O)COc1ccc(-c2ccccc2)cc1)Nc1cccc(F)c1. The topological polar surface area (TPSA) is 64.6 Å². The molecule has 0 saturated carbocycles. The molecule has 0 aliphatic heterocycles. The van der Waals surface area contributed by atoms with E-state index in [9.17, 15) is 14.0 Å². The Bertz CT molecular complexity index is 942. The highest BCUT2D eigenvalue weighted by molar-refractivity contribution is 5.92. The van der Waals surface area contributed by atoms with Crippen LogP contribution in [0.4, 0.5) is 10.1 Å². The standard InChI is InChI=1S/C22H18FNO4/c23-18-7-4-8-19(13-18)24-21(25)14-28-22(26)15-27-20-11-9-17(10-12-20)16-5-2-1-3-6-16/h1-13H,14-15H2,(H,24,25). The minimum atomic E-state index is -0.679. The van der Waals surface area contributed by atoms with Crippen LogP contribution in [0.5, 0.6) is 5.75 Å². The molecule has 0 unspecified atom stereocenters. The van der Waals surface area contributed by atoms with Crippen molar-refractivity contribution in [1.29, 1.82) is 0 Å². The predicted molar refractivity (Wildman–Crippen MR) is 103 cm³/mol. The van der Waals surface area contributed by atoms with Gasteiger partial charge in [-0.05, 0) is 41.5 Å². The van der Waals surface area contributed by atoms with Gasteiger partial charge in [-0.2, -0.15) is 0 Å². The average molecular weight is 379 g/mol. The van der Waals surface area contributed by atoms with Crippen molar-refractivity contribution in [3.63, 3.8) is 0 Å². The first-order chi connectivity index (χ1) is 13.6. The molecule has 3 aromatic carbocycles. The van der Waals surface area contributed by atoms with Gasteiger partial charge in [0.2, 0.25) is 0 Å². The lowest BCUT2D eigenvalue weighted by Gasteiger charge is -2.08. The molecule has 0 atom stereocenters. The van der Waals surface area contributed by atoms with Crippen LogP contribution in [0, 0.1) is 5.82 Å². The monoisotopic (exact) mass is 379 g/mol. The van der Waals surface area contributed by atoms with E-state index in [1.54, 1.807) is 12.1 Å². The highest BCUT2D eigenvalue weighted by Gasteiger charge is 2.09. The summed E-state index contributed by atoms with van der Waals surface area (Å²) in [6.07, 6.45) is 0. The Labute approximate surface area is 161 Å². The maximum Gasteiger partial charge on any atom is 0.344 e. The predicted octanol–water partition coefficient (Wildman–Crippen LogP) is 4.05. The van der Waals surface area contributed by atoms with Crippen LogP contribution < -0.4 is 10.1 Å². The van der Waals surface area contributed by atoms with Crippen LogP contribution in [0.15, 0.2) is 78.9 Å². The summed E-state index contributed by atoms with van der Waals surface area (Å²) in [4.78, 5) is 23.5. The maximum absolute atomic E-state index is 13.1. The Morgan fingerprint density at radius 2 is 1.54 bits per heavy atom.